The van der Waals surface area contributed by atoms with Crippen molar-refractivity contribution in [1.29, 1.82) is 0 Å². The van der Waals surface area contributed by atoms with Crippen LogP contribution >= 0.6 is 0 Å². The molecule has 1 heterocycles. The fourth-order valence-electron chi connectivity index (χ4n) is 4.05. The van der Waals surface area contributed by atoms with Crippen molar-refractivity contribution in [2.45, 2.75) is 51.1 Å². The molecule has 0 spiro atoms. The van der Waals surface area contributed by atoms with Gasteiger partial charge in [0.05, 0.1) is 0 Å². The van der Waals surface area contributed by atoms with Crippen LogP contribution in [0.2, 0.25) is 0 Å². The summed E-state index contributed by atoms with van der Waals surface area (Å²) < 4.78 is 0. The van der Waals surface area contributed by atoms with Crippen LogP contribution in [0.25, 0.3) is 0 Å². The van der Waals surface area contributed by atoms with Crippen LogP contribution < -0.4 is 11.1 Å². The van der Waals surface area contributed by atoms with Crippen LogP contribution in [0.4, 0.5) is 0 Å². The zero-order valence-electron chi connectivity index (χ0n) is 14.6. The first kappa shape index (κ1) is 17.4. The van der Waals surface area contributed by atoms with E-state index in [9.17, 15) is 4.79 Å². The fourth-order valence-corrected chi connectivity index (χ4v) is 4.05. The summed E-state index contributed by atoms with van der Waals surface area (Å²) in [6.07, 6.45) is 6.39. The molecule has 0 aromatic heterocycles. The fraction of sp³-hybridized carbons (Fsp3) is 0.650. The molecular weight excluding hydrogens is 298 g/mol. The number of benzene rings is 1. The van der Waals surface area contributed by atoms with E-state index in [0.717, 1.165) is 51.9 Å². The predicted molar refractivity (Wildman–Crippen MR) is 97.4 cm³/mol. The molecule has 1 aromatic carbocycles. The molecule has 3 rings (SSSR count). The molecule has 1 aliphatic carbocycles. The van der Waals surface area contributed by atoms with Gasteiger partial charge in [0.1, 0.15) is 0 Å². The second-order valence-corrected chi connectivity index (χ2v) is 7.57. The van der Waals surface area contributed by atoms with Gasteiger partial charge < -0.3 is 11.1 Å². The van der Waals surface area contributed by atoms with E-state index in [-0.39, 0.29) is 17.9 Å². The van der Waals surface area contributed by atoms with Crippen LogP contribution in [0.1, 0.15) is 44.1 Å². The SMILES string of the molecule is NC1CCCC(C(=O)NCC2CCN(Cc3ccccc3)CC2)C1. The number of nitrogens with two attached hydrogens (primary N) is 1. The van der Waals surface area contributed by atoms with Crippen LogP contribution in [0, 0.1) is 11.8 Å². The van der Waals surface area contributed by atoms with Gasteiger partial charge in [-0.25, -0.2) is 0 Å². The number of hydrogen-bond donors (Lipinski definition) is 2. The van der Waals surface area contributed by atoms with Crippen molar-refractivity contribution in [3.05, 3.63) is 35.9 Å². The predicted octanol–water partition coefficient (Wildman–Crippen LogP) is 2.53. The molecule has 0 bridgehead atoms. The van der Waals surface area contributed by atoms with Gasteiger partial charge in [-0.15, -0.1) is 0 Å². The second-order valence-electron chi connectivity index (χ2n) is 7.57. The Hall–Kier alpha value is -1.39. The highest BCUT2D eigenvalue weighted by atomic mass is 16.1. The molecule has 1 amide bonds. The minimum Gasteiger partial charge on any atom is -0.356 e. The minimum absolute atomic E-state index is 0.145. The van der Waals surface area contributed by atoms with E-state index in [2.05, 4.69) is 40.5 Å². The van der Waals surface area contributed by atoms with E-state index in [4.69, 9.17) is 5.73 Å². The molecule has 2 unspecified atom stereocenters. The summed E-state index contributed by atoms with van der Waals surface area (Å²) in [7, 11) is 0. The zero-order chi connectivity index (χ0) is 16.8. The third-order valence-electron chi connectivity index (χ3n) is 5.61. The molecule has 2 aliphatic rings. The molecule has 4 nitrogen and oxygen atoms in total. The summed E-state index contributed by atoms with van der Waals surface area (Å²) in [4.78, 5) is 14.8. The van der Waals surface area contributed by atoms with Crippen molar-refractivity contribution in [3.8, 4) is 0 Å². The maximum absolute atomic E-state index is 12.3. The van der Waals surface area contributed by atoms with Crippen molar-refractivity contribution in [2.75, 3.05) is 19.6 Å². The first-order valence-electron chi connectivity index (χ1n) is 9.50. The third-order valence-corrected chi connectivity index (χ3v) is 5.61. The number of nitrogens with zero attached hydrogens (tertiary/aromatic N) is 1. The van der Waals surface area contributed by atoms with Crippen LogP contribution in [-0.4, -0.2) is 36.5 Å². The quantitative estimate of drug-likeness (QED) is 0.873. The molecule has 1 saturated heterocycles. The molecule has 1 saturated carbocycles. The monoisotopic (exact) mass is 329 g/mol. The molecule has 1 aromatic rings. The molecular formula is C20H31N3O. The minimum atomic E-state index is 0.145. The Morgan fingerprint density at radius 2 is 1.88 bits per heavy atom. The largest absolute Gasteiger partial charge is 0.356 e. The van der Waals surface area contributed by atoms with Crippen molar-refractivity contribution >= 4 is 5.91 Å². The van der Waals surface area contributed by atoms with Crippen molar-refractivity contribution in [2.24, 2.45) is 17.6 Å². The Bertz CT molecular complexity index is 511. The number of nitrogens with one attached hydrogen (secondary N) is 1. The number of hydrogen-bond acceptors (Lipinski definition) is 3. The van der Waals surface area contributed by atoms with Gasteiger partial charge in [0, 0.05) is 25.0 Å². The number of carbonyl (C=O) groups excluding carboxylic acids is 1. The molecule has 4 heteroatoms. The molecule has 2 atom stereocenters. The molecule has 132 valence electrons. The number of likely N-dealkylation sites (tertiary alicyclic amines) is 1. The van der Waals surface area contributed by atoms with Gasteiger partial charge in [-0.05, 0) is 56.7 Å². The highest BCUT2D eigenvalue weighted by Crippen LogP contribution is 2.24. The Morgan fingerprint density at radius 3 is 2.58 bits per heavy atom. The molecule has 1 aliphatic heterocycles. The van der Waals surface area contributed by atoms with Crippen LogP contribution in [0.5, 0.6) is 0 Å². The van der Waals surface area contributed by atoms with E-state index < -0.39 is 0 Å². The Morgan fingerprint density at radius 1 is 1.12 bits per heavy atom. The first-order valence-corrected chi connectivity index (χ1v) is 9.50. The Labute approximate surface area is 145 Å². The summed E-state index contributed by atoms with van der Waals surface area (Å²) >= 11 is 0. The number of amides is 1. The number of piperidine rings is 1. The maximum atomic E-state index is 12.3. The van der Waals surface area contributed by atoms with Gasteiger partial charge in [-0.3, -0.25) is 9.69 Å². The summed E-state index contributed by atoms with van der Waals surface area (Å²) in [5.41, 5.74) is 7.38. The average Bonchev–Trinajstić information content (AvgIpc) is 2.62. The molecule has 0 radical (unpaired) electrons. The lowest BCUT2D eigenvalue weighted by atomic mass is 9.85. The van der Waals surface area contributed by atoms with E-state index >= 15 is 0 Å². The van der Waals surface area contributed by atoms with E-state index in [1.807, 2.05) is 0 Å². The summed E-state index contributed by atoms with van der Waals surface area (Å²) in [5.74, 6) is 1.00. The Kier molecular flexibility index (Phi) is 6.27. The van der Waals surface area contributed by atoms with Gasteiger partial charge in [-0.2, -0.15) is 0 Å². The normalized spacial score (nSPS) is 26.2. The van der Waals surface area contributed by atoms with Gasteiger partial charge >= 0.3 is 0 Å². The van der Waals surface area contributed by atoms with Gasteiger partial charge in [-0.1, -0.05) is 36.8 Å². The summed E-state index contributed by atoms with van der Waals surface area (Å²) in [5, 5.41) is 3.19. The third kappa shape index (κ3) is 5.05. The van der Waals surface area contributed by atoms with Crippen molar-refractivity contribution < 1.29 is 4.79 Å². The maximum Gasteiger partial charge on any atom is 0.223 e. The molecule has 2 fully saturated rings. The van der Waals surface area contributed by atoms with E-state index in [0.29, 0.717) is 5.92 Å². The van der Waals surface area contributed by atoms with Crippen molar-refractivity contribution in [3.63, 3.8) is 0 Å². The van der Waals surface area contributed by atoms with Crippen LogP contribution in [0.15, 0.2) is 30.3 Å². The Balaban J connectivity index is 1.35. The second kappa shape index (κ2) is 8.63. The van der Waals surface area contributed by atoms with Crippen LogP contribution in [-0.2, 0) is 11.3 Å². The number of carbonyl (C=O) groups is 1. The smallest absolute Gasteiger partial charge is 0.223 e. The van der Waals surface area contributed by atoms with E-state index in [1.165, 1.54) is 18.4 Å². The first-order chi connectivity index (χ1) is 11.7. The lowest BCUT2D eigenvalue weighted by Gasteiger charge is -2.32. The average molecular weight is 329 g/mol. The van der Waals surface area contributed by atoms with Gasteiger partial charge in [0.25, 0.3) is 0 Å². The summed E-state index contributed by atoms with van der Waals surface area (Å²) in [6.45, 7) is 4.14. The zero-order valence-corrected chi connectivity index (χ0v) is 14.6. The van der Waals surface area contributed by atoms with E-state index in [1.54, 1.807) is 0 Å². The topological polar surface area (TPSA) is 58.4 Å². The van der Waals surface area contributed by atoms with Crippen LogP contribution in [0.3, 0.4) is 0 Å². The standard InChI is InChI=1S/C20H31N3O/c21-19-8-4-7-18(13-19)20(24)22-14-16-9-11-23(12-10-16)15-17-5-2-1-3-6-17/h1-3,5-6,16,18-19H,4,7-15,21H2,(H,22,24). The molecule has 24 heavy (non-hydrogen) atoms. The highest BCUT2D eigenvalue weighted by molar-refractivity contribution is 5.78. The summed E-state index contributed by atoms with van der Waals surface area (Å²) in [6, 6.07) is 10.9. The lowest BCUT2D eigenvalue weighted by Crippen LogP contribution is -2.42. The number of rotatable bonds is 5. The van der Waals surface area contributed by atoms with Gasteiger partial charge in [0.15, 0.2) is 0 Å². The highest BCUT2D eigenvalue weighted by Gasteiger charge is 2.26. The van der Waals surface area contributed by atoms with Gasteiger partial charge in [0.2, 0.25) is 5.91 Å². The lowest BCUT2D eigenvalue weighted by molar-refractivity contribution is -0.126. The molecule has 3 N–H and O–H groups in total. The van der Waals surface area contributed by atoms with Crippen molar-refractivity contribution in [1.82, 2.24) is 10.2 Å².